The van der Waals surface area contributed by atoms with Crippen molar-refractivity contribution in [2.75, 3.05) is 13.1 Å². The summed E-state index contributed by atoms with van der Waals surface area (Å²) in [6.45, 7) is 3.71. The summed E-state index contributed by atoms with van der Waals surface area (Å²) in [5.74, 6) is 0.0741. The molecule has 0 unspecified atom stereocenters. The van der Waals surface area contributed by atoms with Gasteiger partial charge in [-0.15, -0.1) is 0 Å². The molecule has 0 bridgehead atoms. The van der Waals surface area contributed by atoms with Crippen LogP contribution in [0.4, 0.5) is 0 Å². The third-order valence-corrected chi connectivity index (χ3v) is 4.18. The summed E-state index contributed by atoms with van der Waals surface area (Å²) in [5, 5.41) is 4.49. The Kier molecular flexibility index (Phi) is 3.78. The lowest BCUT2D eigenvalue weighted by atomic mass is 10.1. The van der Waals surface area contributed by atoms with Gasteiger partial charge in [0.25, 0.3) is 5.91 Å². The molecule has 0 saturated carbocycles. The van der Waals surface area contributed by atoms with Gasteiger partial charge in [0.05, 0.1) is 5.69 Å². The number of rotatable bonds is 2. The second-order valence-electron chi connectivity index (χ2n) is 5.66. The van der Waals surface area contributed by atoms with Gasteiger partial charge in [0, 0.05) is 31.3 Å². The average molecular weight is 283 g/mol. The maximum Gasteiger partial charge on any atom is 0.274 e. The van der Waals surface area contributed by atoms with Gasteiger partial charge in [-0.3, -0.25) is 9.48 Å². The number of aryl methyl sites for hydroxylation is 1. The van der Waals surface area contributed by atoms with Gasteiger partial charge in [0.1, 0.15) is 0 Å². The first kappa shape index (κ1) is 13.9. The average Bonchev–Trinajstić information content (AvgIpc) is 2.83. The third kappa shape index (κ3) is 2.58. The van der Waals surface area contributed by atoms with Gasteiger partial charge in [-0.05, 0) is 26.2 Å². The van der Waals surface area contributed by atoms with E-state index < -0.39 is 0 Å². The number of amides is 1. The summed E-state index contributed by atoms with van der Waals surface area (Å²) >= 11 is 0. The minimum Gasteiger partial charge on any atom is -0.337 e. The zero-order valence-electron chi connectivity index (χ0n) is 12.7. The van der Waals surface area contributed by atoms with E-state index in [9.17, 15) is 4.79 Å². The number of piperidine rings is 1. The first-order chi connectivity index (χ1) is 10.2. The molecule has 2 heterocycles. The Morgan fingerprint density at radius 2 is 1.76 bits per heavy atom. The molecule has 1 aromatic carbocycles. The van der Waals surface area contributed by atoms with Gasteiger partial charge in [-0.25, -0.2) is 0 Å². The van der Waals surface area contributed by atoms with Gasteiger partial charge in [0.2, 0.25) is 0 Å². The van der Waals surface area contributed by atoms with Crippen molar-refractivity contribution in [3.8, 4) is 11.3 Å². The fourth-order valence-corrected chi connectivity index (χ4v) is 3.08. The van der Waals surface area contributed by atoms with Crippen molar-refractivity contribution in [3.05, 3.63) is 41.6 Å². The Balaban J connectivity index is 1.96. The van der Waals surface area contributed by atoms with Crippen molar-refractivity contribution < 1.29 is 4.79 Å². The van der Waals surface area contributed by atoms with Crippen LogP contribution >= 0.6 is 0 Å². The number of carbonyl (C=O) groups is 1. The van der Waals surface area contributed by atoms with Crippen LogP contribution in [0.1, 0.15) is 35.3 Å². The molecule has 1 aliphatic heterocycles. The summed E-state index contributed by atoms with van der Waals surface area (Å²) in [4.78, 5) is 14.6. The molecular weight excluding hydrogens is 262 g/mol. The molecule has 4 heteroatoms. The van der Waals surface area contributed by atoms with Crippen LogP contribution in [0.15, 0.2) is 30.3 Å². The minimum absolute atomic E-state index is 0.0741. The number of likely N-dealkylation sites (tertiary alicyclic amines) is 1. The van der Waals surface area contributed by atoms with E-state index >= 15 is 0 Å². The molecule has 1 amide bonds. The molecule has 2 aromatic rings. The molecule has 3 rings (SSSR count). The number of hydrogen-bond donors (Lipinski definition) is 0. The topological polar surface area (TPSA) is 38.1 Å². The molecule has 1 aromatic heterocycles. The van der Waals surface area contributed by atoms with Crippen LogP contribution in [0, 0.1) is 6.92 Å². The van der Waals surface area contributed by atoms with Crippen LogP contribution in [0.5, 0.6) is 0 Å². The number of benzene rings is 1. The van der Waals surface area contributed by atoms with Crippen LogP contribution in [-0.4, -0.2) is 33.7 Å². The molecule has 1 aliphatic rings. The van der Waals surface area contributed by atoms with E-state index in [-0.39, 0.29) is 5.91 Å². The van der Waals surface area contributed by atoms with Crippen LogP contribution in [-0.2, 0) is 7.05 Å². The van der Waals surface area contributed by atoms with Crippen molar-refractivity contribution in [1.29, 1.82) is 0 Å². The third-order valence-electron chi connectivity index (χ3n) is 4.18. The monoisotopic (exact) mass is 283 g/mol. The normalized spacial score (nSPS) is 15.2. The molecule has 110 valence electrons. The Labute approximate surface area is 125 Å². The summed E-state index contributed by atoms with van der Waals surface area (Å²) in [5.41, 5.74) is 3.69. The maximum atomic E-state index is 12.7. The summed E-state index contributed by atoms with van der Waals surface area (Å²) in [7, 11) is 1.91. The summed E-state index contributed by atoms with van der Waals surface area (Å²) < 4.78 is 1.82. The van der Waals surface area contributed by atoms with Gasteiger partial charge in [-0.2, -0.15) is 5.10 Å². The fourth-order valence-electron chi connectivity index (χ4n) is 3.08. The SMILES string of the molecule is Cc1c(C(=O)N2CCCCC2)nn(C)c1-c1ccccc1. The number of aromatic nitrogens is 2. The molecule has 0 spiro atoms. The molecular formula is C17H21N3O. The number of hydrogen-bond acceptors (Lipinski definition) is 2. The Bertz CT molecular complexity index is 640. The Morgan fingerprint density at radius 3 is 2.43 bits per heavy atom. The zero-order chi connectivity index (χ0) is 14.8. The quantitative estimate of drug-likeness (QED) is 0.849. The van der Waals surface area contributed by atoms with E-state index in [2.05, 4.69) is 17.2 Å². The van der Waals surface area contributed by atoms with E-state index in [0.29, 0.717) is 5.69 Å². The van der Waals surface area contributed by atoms with Gasteiger partial charge >= 0.3 is 0 Å². The highest BCUT2D eigenvalue weighted by Crippen LogP contribution is 2.26. The Hall–Kier alpha value is -2.10. The van der Waals surface area contributed by atoms with E-state index in [1.807, 2.05) is 41.8 Å². The predicted molar refractivity (Wildman–Crippen MR) is 83.1 cm³/mol. The molecule has 4 nitrogen and oxygen atoms in total. The van der Waals surface area contributed by atoms with Crippen molar-refractivity contribution in [2.45, 2.75) is 26.2 Å². The highest BCUT2D eigenvalue weighted by molar-refractivity contribution is 5.95. The highest BCUT2D eigenvalue weighted by Gasteiger charge is 2.25. The van der Waals surface area contributed by atoms with Crippen LogP contribution in [0.3, 0.4) is 0 Å². The van der Waals surface area contributed by atoms with Gasteiger partial charge < -0.3 is 4.90 Å². The van der Waals surface area contributed by atoms with E-state index in [1.54, 1.807) is 0 Å². The lowest BCUT2D eigenvalue weighted by Crippen LogP contribution is -2.36. The number of nitrogens with zero attached hydrogens (tertiary/aromatic N) is 3. The zero-order valence-corrected chi connectivity index (χ0v) is 12.7. The molecule has 1 fully saturated rings. The van der Waals surface area contributed by atoms with Crippen molar-refractivity contribution in [1.82, 2.24) is 14.7 Å². The van der Waals surface area contributed by atoms with Crippen molar-refractivity contribution in [3.63, 3.8) is 0 Å². The standard InChI is InChI=1S/C17H21N3O/c1-13-15(17(21)20-11-7-4-8-12-20)18-19(2)16(13)14-9-5-3-6-10-14/h3,5-6,9-10H,4,7-8,11-12H2,1-2H3. The van der Waals surface area contributed by atoms with E-state index in [4.69, 9.17) is 0 Å². The lowest BCUT2D eigenvalue weighted by Gasteiger charge is -2.26. The summed E-state index contributed by atoms with van der Waals surface area (Å²) in [6.07, 6.45) is 3.42. The molecule has 21 heavy (non-hydrogen) atoms. The van der Waals surface area contributed by atoms with Crippen LogP contribution in [0.25, 0.3) is 11.3 Å². The molecule has 0 aliphatic carbocycles. The molecule has 0 N–H and O–H groups in total. The van der Waals surface area contributed by atoms with Gasteiger partial charge in [-0.1, -0.05) is 30.3 Å². The van der Waals surface area contributed by atoms with Crippen LogP contribution in [0.2, 0.25) is 0 Å². The first-order valence-corrected chi connectivity index (χ1v) is 7.57. The largest absolute Gasteiger partial charge is 0.337 e. The first-order valence-electron chi connectivity index (χ1n) is 7.57. The summed E-state index contributed by atoms with van der Waals surface area (Å²) in [6, 6.07) is 10.1. The lowest BCUT2D eigenvalue weighted by molar-refractivity contribution is 0.0717. The minimum atomic E-state index is 0.0741. The van der Waals surface area contributed by atoms with Crippen LogP contribution < -0.4 is 0 Å². The van der Waals surface area contributed by atoms with E-state index in [0.717, 1.165) is 42.8 Å². The Morgan fingerprint density at radius 1 is 1.10 bits per heavy atom. The number of carbonyl (C=O) groups excluding carboxylic acids is 1. The molecule has 0 atom stereocenters. The highest BCUT2D eigenvalue weighted by atomic mass is 16.2. The maximum absolute atomic E-state index is 12.7. The van der Waals surface area contributed by atoms with Crippen molar-refractivity contribution >= 4 is 5.91 Å². The molecule has 1 saturated heterocycles. The second-order valence-corrected chi connectivity index (χ2v) is 5.66. The second kappa shape index (κ2) is 5.72. The smallest absolute Gasteiger partial charge is 0.274 e. The predicted octanol–water partition coefficient (Wildman–Crippen LogP) is 3.02. The van der Waals surface area contributed by atoms with E-state index in [1.165, 1.54) is 6.42 Å². The molecule has 0 radical (unpaired) electrons. The van der Waals surface area contributed by atoms with Gasteiger partial charge in [0.15, 0.2) is 5.69 Å². The fraction of sp³-hybridized carbons (Fsp3) is 0.412. The van der Waals surface area contributed by atoms with Crippen molar-refractivity contribution in [2.24, 2.45) is 7.05 Å².